The predicted octanol–water partition coefficient (Wildman–Crippen LogP) is 2.90. The van der Waals surface area contributed by atoms with E-state index in [4.69, 9.17) is 0 Å². The van der Waals surface area contributed by atoms with Crippen molar-refractivity contribution < 1.29 is 9.18 Å². The van der Waals surface area contributed by atoms with Crippen LogP contribution in [0.15, 0.2) is 65.7 Å². The fraction of sp³-hybridized carbons (Fsp3) is 0.143. The maximum Gasteiger partial charge on any atom is 0.293 e. The van der Waals surface area contributed by atoms with E-state index in [2.05, 4.69) is 22.4 Å². The molecular formula is C21H18FN5O2. The maximum absolute atomic E-state index is 13.7. The number of amides is 1. The molecule has 0 saturated heterocycles. The molecule has 2 aromatic carbocycles. The molecule has 0 spiro atoms. The van der Waals surface area contributed by atoms with Gasteiger partial charge in [0, 0.05) is 5.56 Å². The lowest BCUT2D eigenvalue weighted by Crippen LogP contribution is -2.30. The van der Waals surface area contributed by atoms with E-state index < -0.39 is 17.3 Å². The molecule has 1 N–H and O–H groups in total. The van der Waals surface area contributed by atoms with Gasteiger partial charge in [-0.3, -0.25) is 9.59 Å². The number of nitrogens with zero attached hydrogens (tertiary/aromatic N) is 4. The lowest BCUT2D eigenvalue weighted by atomic mass is 10.1. The number of hydrogen-bond acceptors (Lipinski definition) is 4. The molecule has 0 unspecified atom stereocenters. The number of fused-ring (bicyclic) bond motifs is 1. The number of hydrogen-bond donors (Lipinski definition) is 1. The van der Waals surface area contributed by atoms with E-state index in [0.29, 0.717) is 11.2 Å². The summed E-state index contributed by atoms with van der Waals surface area (Å²) in [7, 11) is 0. The lowest BCUT2D eigenvalue weighted by Gasteiger charge is -2.07. The normalized spacial score (nSPS) is 11.0. The Kier molecular flexibility index (Phi) is 4.90. The maximum atomic E-state index is 13.7. The zero-order valence-electron chi connectivity index (χ0n) is 15.7. The van der Waals surface area contributed by atoms with E-state index in [1.165, 1.54) is 34.6 Å². The van der Waals surface area contributed by atoms with Crippen molar-refractivity contribution in [3.63, 3.8) is 0 Å². The first kappa shape index (κ1) is 18.5. The number of aryl methyl sites for hydroxylation is 1. The van der Waals surface area contributed by atoms with Gasteiger partial charge in [-0.05, 0) is 30.2 Å². The van der Waals surface area contributed by atoms with Crippen molar-refractivity contribution in [3.8, 4) is 11.3 Å². The highest BCUT2D eigenvalue weighted by atomic mass is 19.1. The summed E-state index contributed by atoms with van der Waals surface area (Å²) < 4.78 is 16.1. The minimum Gasteiger partial charge on any atom is -0.322 e. The summed E-state index contributed by atoms with van der Waals surface area (Å²) in [5.41, 5.74) is 2.62. The molecule has 146 valence electrons. The molecule has 0 fully saturated rings. The van der Waals surface area contributed by atoms with E-state index in [-0.39, 0.29) is 12.2 Å². The van der Waals surface area contributed by atoms with Gasteiger partial charge in [0.1, 0.15) is 24.2 Å². The van der Waals surface area contributed by atoms with Gasteiger partial charge in [-0.2, -0.15) is 10.2 Å². The van der Waals surface area contributed by atoms with E-state index in [9.17, 15) is 14.0 Å². The number of rotatable bonds is 5. The molecule has 29 heavy (non-hydrogen) atoms. The number of nitrogens with one attached hydrogen (secondary N) is 1. The summed E-state index contributed by atoms with van der Waals surface area (Å²) in [5, 5.41) is 10.8. The average molecular weight is 391 g/mol. The molecule has 4 rings (SSSR count). The van der Waals surface area contributed by atoms with Crippen LogP contribution in [-0.2, 0) is 17.8 Å². The number of carbonyl (C=O) groups is 1. The Morgan fingerprint density at radius 2 is 1.90 bits per heavy atom. The monoisotopic (exact) mass is 391 g/mol. The third-order valence-corrected chi connectivity index (χ3v) is 4.59. The van der Waals surface area contributed by atoms with Crippen molar-refractivity contribution in [3.05, 3.63) is 82.7 Å². The summed E-state index contributed by atoms with van der Waals surface area (Å²) in [6.45, 7) is 1.74. The van der Waals surface area contributed by atoms with Gasteiger partial charge in [-0.1, -0.05) is 43.3 Å². The second kappa shape index (κ2) is 7.67. The summed E-state index contributed by atoms with van der Waals surface area (Å²) >= 11 is 0. The Balaban J connectivity index is 1.59. The first-order valence-electron chi connectivity index (χ1n) is 9.14. The molecule has 0 aliphatic carbocycles. The molecule has 0 bridgehead atoms. The van der Waals surface area contributed by atoms with E-state index in [1.54, 1.807) is 12.1 Å². The summed E-state index contributed by atoms with van der Waals surface area (Å²) in [5.74, 6) is -1.10. The zero-order valence-corrected chi connectivity index (χ0v) is 15.7. The van der Waals surface area contributed by atoms with Crippen LogP contribution in [0.4, 0.5) is 10.1 Å². The smallest absolute Gasteiger partial charge is 0.293 e. The van der Waals surface area contributed by atoms with Gasteiger partial charge in [-0.25, -0.2) is 13.6 Å². The van der Waals surface area contributed by atoms with Gasteiger partial charge >= 0.3 is 0 Å². The quantitative estimate of drug-likeness (QED) is 0.567. The van der Waals surface area contributed by atoms with E-state index >= 15 is 0 Å². The molecule has 1 amide bonds. The van der Waals surface area contributed by atoms with Gasteiger partial charge in [0.15, 0.2) is 0 Å². The number of para-hydroxylation sites is 1. The molecule has 7 nitrogen and oxygen atoms in total. The molecule has 8 heteroatoms. The standard InChI is InChI=1S/C21H18FN5O2/c1-2-14-7-9-15(10-8-14)18-11-19-21(29)26(23-13-27(19)25-18)12-20(28)24-17-6-4-3-5-16(17)22/h3-11,13H,2,12H2,1H3,(H,24,28). The largest absolute Gasteiger partial charge is 0.322 e. The van der Waals surface area contributed by atoms with Crippen molar-refractivity contribution in [2.45, 2.75) is 19.9 Å². The van der Waals surface area contributed by atoms with Crippen LogP contribution < -0.4 is 10.9 Å². The molecule has 2 aromatic heterocycles. The van der Waals surface area contributed by atoms with Gasteiger partial charge in [0.05, 0.1) is 11.4 Å². The van der Waals surface area contributed by atoms with Crippen molar-refractivity contribution in [2.24, 2.45) is 0 Å². The molecule has 2 heterocycles. The highest BCUT2D eigenvalue weighted by Gasteiger charge is 2.13. The molecule has 0 saturated carbocycles. The third kappa shape index (κ3) is 3.77. The van der Waals surface area contributed by atoms with E-state index in [0.717, 1.165) is 16.7 Å². The average Bonchev–Trinajstić information content (AvgIpc) is 3.17. The van der Waals surface area contributed by atoms with Gasteiger partial charge in [0.25, 0.3) is 5.56 Å². The zero-order chi connectivity index (χ0) is 20.4. The lowest BCUT2D eigenvalue weighted by molar-refractivity contribution is -0.117. The van der Waals surface area contributed by atoms with Crippen molar-refractivity contribution >= 4 is 17.1 Å². The summed E-state index contributed by atoms with van der Waals surface area (Å²) in [6, 6.07) is 15.4. The number of aromatic nitrogens is 4. The fourth-order valence-corrected chi connectivity index (χ4v) is 2.99. The molecule has 0 atom stereocenters. The highest BCUT2D eigenvalue weighted by molar-refractivity contribution is 5.90. The Morgan fingerprint density at radius 1 is 1.14 bits per heavy atom. The van der Waals surface area contributed by atoms with Crippen molar-refractivity contribution in [1.29, 1.82) is 0 Å². The van der Waals surface area contributed by atoms with Gasteiger partial charge in [0.2, 0.25) is 5.91 Å². The second-order valence-corrected chi connectivity index (χ2v) is 6.53. The number of anilines is 1. The molecular weight excluding hydrogens is 373 g/mol. The fourth-order valence-electron chi connectivity index (χ4n) is 2.99. The topological polar surface area (TPSA) is 81.3 Å². The minimum atomic E-state index is -0.552. The summed E-state index contributed by atoms with van der Waals surface area (Å²) in [6.07, 6.45) is 2.31. The minimum absolute atomic E-state index is 0.0498. The van der Waals surface area contributed by atoms with Crippen LogP contribution >= 0.6 is 0 Å². The van der Waals surface area contributed by atoms with Gasteiger partial charge < -0.3 is 5.32 Å². The molecule has 4 aromatic rings. The second-order valence-electron chi connectivity index (χ2n) is 6.53. The number of carbonyl (C=O) groups excluding carboxylic acids is 1. The predicted molar refractivity (Wildman–Crippen MR) is 107 cm³/mol. The first-order valence-corrected chi connectivity index (χ1v) is 9.14. The number of halogens is 1. The Bertz CT molecular complexity index is 1240. The number of benzene rings is 2. The van der Waals surface area contributed by atoms with Crippen LogP contribution in [0.1, 0.15) is 12.5 Å². The Morgan fingerprint density at radius 3 is 2.62 bits per heavy atom. The Hall–Kier alpha value is -3.81. The van der Waals surface area contributed by atoms with E-state index in [1.807, 2.05) is 24.3 Å². The highest BCUT2D eigenvalue weighted by Crippen LogP contribution is 2.19. The molecule has 0 radical (unpaired) electrons. The van der Waals surface area contributed by atoms with Crippen molar-refractivity contribution in [2.75, 3.05) is 5.32 Å². The Labute approximate surface area is 165 Å². The van der Waals surface area contributed by atoms with Crippen LogP contribution in [0.3, 0.4) is 0 Å². The van der Waals surface area contributed by atoms with Crippen LogP contribution in [0.25, 0.3) is 16.8 Å². The van der Waals surface area contributed by atoms with Crippen LogP contribution in [0.2, 0.25) is 0 Å². The van der Waals surface area contributed by atoms with Crippen LogP contribution in [0.5, 0.6) is 0 Å². The molecule has 0 aliphatic heterocycles. The van der Waals surface area contributed by atoms with Crippen LogP contribution in [0, 0.1) is 5.82 Å². The summed E-state index contributed by atoms with van der Waals surface area (Å²) in [4.78, 5) is 24.9. The van der Waals surface area contributed by atoms with Crippen molar-refractivity contribution in [1.82, 2.24) is 19.4 Å². The van der Waals surface area contributed by atoms with Gasteiger partial charge in [-0.15, -0.1) is 0 Å². The SMILES string of the molecule is CCc1ccc(-c2cc3c(=O)n(CC(=O)Nc4ccccc4F)ncn3n2)cc1. The first-order chi connectivity index (χ1) is 14.0. The van der Waals surface area contributed by atoms with Crippen LogP contribution in [-0.4, -0.2) is 25.3 Å². The third-order valence-electron chi connectivity index (χ3n) is 4.59. The molecule has 0 aliphatic rings.